The molecular weight excluding hydrogens is 1110 g/mol. The van der Waals surface area contributed by atoms with Gasteiger partial charge in [0.05, 0.1) is 11.4 Å². The van der Waals surface area contributed by atoms with Crippen molar-refractivity contribution in [3.8, 4) is 0 Å². The molecule has 92 heavy (non-hydrogen) atoms. The Morgan fingerprint density at radius 2 is 0.348 bits per heavy atom. The Labute approximate surface area is 555 Å². The third-order valence-electron chi connectivity index (χ3n) is 25.8. The van der Waals surface area contributed by atoms with Gasteiger partial charge in [-0.25, -0.2) is 0 Å². The molecule has 8 aromatic rings. The Bertz CT molecular complexity index is 3250. The van der Waals surface area contributed by atoms with E-state index in [1.54, 1.807) is 44.5 Å². The first-order valence-corrected chi connectivity index (χ1v) is 39.2. The maximum atomic E-state index is 2.88. The molecule has 0 amide bonds. The van der Waals surface area contributed by atoms with E-state index in [0.29, 0.717) is 47.3 Å². The zero-order valence-corrected chi connectivity index (χ0v) is 56.5. The van der Waals surface area contributed by atoms with E-state index < -0.39 is 0 Å². The first-order valence-electron chi connectivity index (χ1n) is 39.2. The van der Waals surface area contributed by atoms with E-state index in [-0.39, 0.29) is 0 Å². The van der Waals surface area contributed by atoms with Gasteiger partial charge in [-0.1, -0.05) is 227 Å². The van der Waals surface area contributed by atoms with Gasteiger partial charge in [0.2, 0.25) is 0 Å². The Kier molecular flexibility index (Phi) is 18.7. The molecule has 8 fully saturated rings. The summed E-state index contributed by atoms with van der Waals surface area (Å²) in [6, 6.07) is 57.9. The van der Waals surface area contributed by atoms with Crippen molar-refractivity contribution in [3.05, 3.63) is 178 Å². The maximum absolute atomic E-state index is 2.88. The predicted molar refractivity (Wildman–Crippen MR) is 395 cm³/mol. The monoisotopic (exact) mass is 1220 g/mol. The summed E-state index contributed by atoms with van der Waals surface area (Å²) < 4.78 is 0. The molecule has 0 radical (unpaired) electrons. The fourth-order valence-electron chi connectivity index (χ4n) is 20.7. The molecule has 8 saturated carbocycles. The highest BCUT2D eigenvalue weighted by atomic mass is 15.2. The standard InChI is InChI=1S/C90H110N2/c1-9-29-63(30-10-1)71-49-72(64-31-11-2-12-32-64)54-79(53-71)91(80-55-73(65-33-13-3-14-34-65)50-74(56-80)66-35-15-4-16-36-66)89-61-87-84-46-26-28-48-86(84)90(62-88(87)83-45-25-27-47-85(83)89)92(81-57-75(67-37-17-5-18-38-67)51-76(58-81)68-39-19-6-20-40-68)82-59-77(69-41-21-7-22-42-69)52-78(60-82)70-43-23-8-24-44-70/h25-28,45-70H,1-24,29-44H2. The minimum atomic E-state index is 0.627. The molecule has 0 unspecified atom stereocenters. The topological polar surface area (TPSA) is 6.48 Å². The van der Waals surface area contributed by atoms with Crippen LogP contribution in [0.15, 0.2) is 133 Å². The Morgan fingerprint density at radius 1 is 0.174 bits per heavy atom. The first-order chi connectivity index (χ1) is 45.6. The smallest absolute Gasteiger partial charge is 0.0546 e. The fraction of sp³-hybridized carbons (Fsp3) is 0.533. The quantitative estimate of drug-likeness (QED) is 0.100. The highest BCUT2D eigenvalue weighted by Gasteiger charge is 2.32. The van der Waals surface area contributed by atoms with Gasteiger partial charge in [-0.2, -0.15) is 0 Å². The number of fused-ring (bicyclic) bond motifs is 5. The minimum Gasteiger partial charge on any atom is -0.310 e. The highest BCUT2D eigenvalue weighted by Crippen LogP contribution is 2.53. The molecule has 0 atom stereocenters. The van der Waals surface area contributed by atoms with Gasteiger partial charge in [0.1, 0.15) is 0 Å². The minimum absolute atomic E-state index is 0.627. The average molecular weight is 1220 g/mol. The summed E-state index contributed by atoms with van der Waals surface area (Å²) in [6.07, 6.45) is 53.9. The van der Waals surface area contributed by atoms with E-state index in [1.807, 2.05) is 0 Å². The zero-order valence-electron chi connectivity index (χ0n) is 56.5. The first kappa shape index (κ1) is 61.0. The van der Waals surface area contributed by atoms with E-state index in [0.717, 1.165) is 0 Å². The van der Waals surface area contributed by atoms with Gasteiger partial charge in [-0.05, 0) is 277 Å². The van der Waals surface area contributed by atoms with Crippen molar-refractivity contribution in [2.24, 2.45) is 0 Å². The summed E-state index contributed by atoms with van der Waals surface area (Å²) in [5, 5.41) is 8.26. The molecule has 8 aliphatic rings. The van der Waals surface area contributed by atoms with Gasteiger partial charge in [-0.15, -0.1) is 0 Å². The van der Waals surface area contributed by atoms with Crippen LogP contribution in [-0.4, -0.2) is 0 Å². The molecule has 0 spiro atoms. The third kappa shape index (κ3) is 12.9. The molecule has 0 N–H and O–H groups in total. The summed E-state index contributed by atoms with van der Waals surface area (Å²) in [5.41, 5.74) is 21.2. The SMILES string of the molecule is c1ccc2c(c1)c(N(c1cc(C3CCCCC3)cc(C3CCCCC3)c1)c1cc(C3CCCCC3)cc(C3CCCCC3)c1)cc1c3ccccc3c(N(c3cc(C4CCCCC4)cc(C4CCCCC4)c3)c3cc(C4CCCCC4)cc(C4CCCCC4)c3)cc21. The second kappa shape index (κ2) is 28.2. The second-order valence-electron chi connectivity index (χ2n) is 31.8. The molecule has 8 aliphatic carbocycles. The lowest BCUT2D eigenvalue weighted by molar-refractivity contribution is 0.435. The van der Waals surface area contributed by atoms with Crippen molar-refractivity contribution < 1.29 is 0 Å². The van der Waals surface area contributed by atoms with E-state index in [4.69, 9.17) is 0 Å². The summed E-state index contributed by atoms with van der Waals surface area (Å²) in [7, 11) is 0. The van der Waals surface area contributed by atoms with Crippen molar-refractivity contribution in [2.75, 3.05) is 9.80 Å². The molecule has 16 rings (SSSR count). The summed E-state index contributed by atoms with van der Waals surface area (Å²) in [5.74, 6) is 5.02. The van der Waals surface area contributed by atoms with Crippen molar-refractivity contribution in [1.29, 1.82) is 0 Å². The maximum Gasteiger partial charge on any atom is 0.0546 e. The molecule has 0 bridgehead atoms. The fourth-order valence-corrected chi connectivity index (χ4v) is 20.7. The van der Waals surface area contributed by atoms with Crippen LogP contribution in [0.25, 0.3) is 32.3 Å². The molecule has 0 aromatic heterocycles. The molecule has 2 heteroatoms. The van der Waals surface area contributed by atoms with Gasteiger partial charge in [0.15, 0.2) is 0 Å². The largest absolute Gasteiger partial charge is 0.310 e. The molecule has 0 saturated heterocycles. The van der Waals surface area contributed by atoms with Crippen LogP contribution in [0.4, 0.5) is 34.1 Å². The number of hydrogen-bond donors (Lipinski definition) is 0. The normalized spacial score (nSPS) is 21.3. The van der Waals surface area contributed by atoms with Gasteiger partial charge in [0.25, 0.3) is 0 Å². The molecule has 0 aliphatic heterocycles. The van der Waals surface area contributed by atoms with Crippen molar-refractivity contribution in [3.63, 3.8) is 0 Å². The van der Waals surface area contributed by atoms with Crippen LogP contribution >= 0.6 is 0 Å². The van der Waals surface area contributed by atoms with Crippen LogP contribution in [0.2, 0.25) is 0 Å². The number of nitrogens with zero attached hydrogens (tertiary/aromatic N) is 2. The average Bonchev–Trinajstić information content (AvgIpc) is 0.742. The number of benzene rings is 8. The van der Waals surface area contributed by atoms with Crippen molar-refractivity contribution in [1.82, 2.24) is 0 Å². The van der Waals surface area contributed by atoms with Crippen LogP contribution in [0.1, 0.15) is 349 Å². The number of anilines is 6. The van der Waals surface area contributed by atoms with Crippen LogP contribution < -0.4 is 9.80 Å². The predicted octanol–water partition coefficient (Wildman–Crippen LogP) is 28.5. The van der Waals surface area contributed by atoms with Gasteiger partial charge in [0, 0.05) is 33.5 Å². The third-order valence-corrected chi connectivity index (χ3v) is 25.8. The van der Waals surface area contributed by atoms with Crippen LogP contribution in [0, 0.1) is 0 Å². The molecular formula is C90H110N2. The molecule has 480 valence electrons. The van der Waals surface area contributed by atoms with Crippen LogP contribution in [0.3, 0.4) is 0 Å². The molecule has 0 heterocycles. The lowest BCUT2D eigenvalue weighted by Crippen LogP contribution is -2.17. The van der Waals surface area contributed by atoms with Crippen LogP contribution in [0.5, 0.6) is 0 Å². The molecule has 2 nitrogen and oxygen atoms in total. The lowest BCUT2D eigenvalue weighted by atomic mass is 9.79. The second-order valence-corrected chi connectivity index (χ2v) is 31.8. The van der Waals surface area contributed by atoms with E-state index in [2.05, 4.69) is 143 Å². The highest BCUT2D eigenvalue weighted by molar-refractivity contribution is 6.24. The Balaban J connectivity index is 0.955. The zero-order chi connectivity index (χ0) is 61.2. The van der Waals surface area contributed by atoms with Gasteiger partial charge in [-0.3, -0.25) is 0 Å². The summed E-state index contributed by atoms with van der Waals surface area (Å²) >= 11 is 0. The Hall–Kier alpha value is -5.86. The summed E-state index contributed by atoms with van der Waals surface area (Å²) in [4.78, 5) is 5.75. The molecule has 8 aromatic carbocycles. The Morgan fingerprint density at radius 3 is 0.533 bits per heavy atom. The van der Waals surface area contributed by atoms with Gasteiger partial charge < -0.3 is 9.80 Å². The lowest BCUT2D eigenvalue weighted by Gasteiger charge is -2.34. The van der Waals surface area contributed by atoms with E-state index in [9.17, 15) is 0 Å². The number of hydrogen-bond acceptors (Lipinski definition) is 2. The van der Waals surface area contributed by atoms with E-state index >= 15 is 0 Å². The summed E-state index contributed by atoms with van der Waals surface area (Å²) in [6.45, 7) is 0. The van der Waals surface area contributed by atoms with Crippen molar-refractivity contribution >= 4 is 66.4 Å². The van der Waals surface area contributed by atoms with Gasteiger partial charge >= 0.3 is 0 Å². The van der Waals surface area contributed by atoms with Crippen molar-refractivity contribution in [2.45, 2.75) is 304 Å². The number of rotatable bonds is 14. The van der Waals surface area contributed by atoms with Crippen LogP contribution in [-0.2, 0) is 0 Å². The van der Waals surface area contributed by atoms with E-state index in [1.165, 1.54) is 323 Å².